The fraction of sp³-hybridized carbons (Fsp3) is 0. The van der Waals surface area contributed by atoms with Gasteiger partial charge in [0, 0.05) is 17.0 Å². The van der Waals surface area contributed by atoms with E-state index in [1.165, 1.54) is 76.7 Å². The summed E-state index contributed by atoms with van der Waals surface area (Å²) in [5.41, 5.74) is 10.2. The van der Waals surface area contributed by atoms with Gasteiger partial charge in [-0.1, -0.05) is 84.9 Å². The van der Waals surface area contributed by atoms with E-state index in [2.05, 4.69) is 125 Å². The minimum absolute atomic E-state index is 0.937. The van der Waals surface area contributed by atoms with E-state index in [1.54, 1.807) is 0 Å². The van der Waals surface area contributed by atoms with Crippen LogP contribution in [0.15, 0.2) is 134 Å². The van der Waals surface area contributed by atoms with Gasteiger partial charge in [-0.15, -0.1) is 0 Å². The van der Waals surface area contributed by atoms with Crippen molar-refractivity contribution >= 4 is 43.4 Å². The molecule has 0 N–H and O–H groups in total. The monoisotopic (exact) mass is 494 g/mol. The highest BCUT2D eigenvalue weighted by Gasteiger charge is 2.23. The van der Waals surface area contributed by atoms with Crippen molar-refractivity contribution in [1.29, 1.82) is 0 Å². The fourth-order valence-electron chi connectivity index (χ4n) is 6.67. The lowest BCUT2D eigenvalue weighted by Gasteiger charge is -2.11. The molecule has 6 aromatic carbocycles. The van der Waals surface area contributed by atoms with Crippen LogP contribution in [0, 0.1) is 0 Å². The Labute approximate surface area is 225 Å². The van der Waals surface area contributed by atoms with Gasteiger partial charge in [-0.3, -0.25) is 4.57 Å². The van der Waals surface area contributed by atoms with Gasteiger partial charge in [0.25, 0.3) is 0 Å². The number of rotatable bonds is 2. The lowest BCUT2D eigenvalue weighted by Crippen LogP contribution is -1.96. The van der Waals surface area contributed by atoms with Crippen molar-refractivity contribution in [3.8, 4) is 39.2 Å². The molecule has 2 heteroatoms. The van der Waals surface area contributed by atoms with Crippen molar-refractivity contribution in [3.05, 3.63) is 134 Å². The van der Waals surface area contributed by atoms with Crippen molar-refractivity contribution in [2.45, 2.75) is 0 Å². The van der Waals surface area contributed by atoms with Gasteiger partial charge < -0.3 is 0 Å². The van der Waals surface area contributed by atoms with E-state index >= 15 is 0 Å². The van der Waals surface area contributed by atoms with E-state index in [0.717, 1.165) is 5.82 Å². The maximum atomic E-state index is 4.67. The molecule has 0 unspecified atom stereocenters. The third kappa shape index (κ3) is 2.83. The zero-order chi connectivity index (χ0) is 25.5. The van der Waals surface area contributed by atoms with Crippen LogP contribution in [-0.4, -0.2) is 9.55 Å². The first kappa shape index (κ1) is 20.8. The first-order chi connectivity index (χ1) is 19.3. The summed E-state index contributed by atoms with van der Waals surface area (Å²) in [6, 6.07) is 46.4. The second-order valence-corrected chi connectivity index (χ2v) is 10.4. The van der Waals surface area contributed by atoms with Gasteiger partial charge in [0.2, 0.25) is 0 Å². The number of fused-ring (bicyclic) bond motifs is 7. The lowest BCUT2D eigenvalue weighted by molar-refractivity contribution is 1.08. The Morgan fingerprint density at radius 2 is 1.13 bits per heavy atom. The van der Waals surface area contributed by atoms with Crippen LogP contribution < -0.4 is 0 Å². The van der Waals surface area contributed by atoms with Crippen molar-refractivity contribution in [2.75, 3.05) is 0 Å². The fourth-order valence-corrected chi connectivity index (χ4v) is 6.67. The normalized spacial score (nSPS) is 12.1. The third-order valence-electron chi connectivity index (χ3n) is 8.37. The Morgan fingerprint density at radius 1 is 0.436 bits per heavy atom. The number of hydrogen-bond acceptors (Lipinski definition) is 1. The molecule has 0 saturated carbocycles. The van der Waals surface area contributed by atoms with Crippen LogP contribution in [-0.2, 0) is 0 Å². The summed E-state index contributed by atoms with van der Waals surface area (Å²) in [5, 5.41) is 7.72. The summed E-state index contributed by atoms with van der Waals surface area (Å²) >= 11 is 0. The average Bonchev–Trinajstić information content (AvgIpc) is 3.50. The van der Waals surface area contributed by atoms with Crippen LogP contribution in [0.3, 0.4) is 0 Å². The van der Waals surface area contributed by atoms with Crippen molar-refractivity contribution in [2.24, 2.45) is 0 Å². The number of benzene rings is 6. The minimum Gasteiger partial charge on any atom is -0.294 e. The molecule has 2 nitrogen and oxygen atoms in total. The molecule has 0 fully saturated rings. The zero-order valence-electron chi connectivity index (χ0n) is 21.1. The summed E-state index contributed by atoms with van der Waals surface area (Å²) in [7, 11) is 0. The van der Waals surface area contributed by atoms with Gasteiger partial charge >= 0.3 is 0 Å². The number of nitrogens with zero attached hydrogens (tertiary/aromatic N) is 2. The minimum atomic E-state index is 0.937. The van der Waals surface area contributed by atoms with E-state index in [1.807, 2.05) is 18.3 Å². The molecule has 180 valence electrons. The van der Waals surface area contributed by atoms with Crippen molar-refractivity contribution in [1.82, 2.24) is 9.55 Å². The van der Waals surface area contributed by atoms with Crippen LogP contribution in [0.25, 0.3) is 82.5 Å². The quantitative estimate of drug-likeness (QED) is 0.234. The molecule has 0 spiro atoms. The molecule has 1 aliphatic rings. The van der Waals surface area contributed by atoms with Crippen LogP contribution in [0.4, 0.5) is 0 Å². The van der Waals surface area contributed by atoms with Gasteiger partial charge in [0.1, 0.15) is 5.82 Å². The smallest absolute Gasteiger partial charge is 0.137 e. The van der Waals surface area contributed by atoms with E-state index in [-0.39, 0.29) is 0 Å². The first-order valence-electron chi connectivity index (χ1n) is 13.4. The molecular weight excluding hydrogens is 472 g/mol. The van der Waals surface area contributed by atoms with E-state index in [9.17, 15) is 0 Å². The third-order valence-corrected chi connectivity index (χ3v) is 8.37. The molecule has 0 radical (unpaired) electrons. The van der Waals surface area contributed by atoms with Gasteiger partial charge in [-0.2, -0.15) is 0 Å². The number of para-hydroxylation sites is 1. The van der Waals surface area contributed by atoms with Gasteiger partial charge in [-0.05, 0) is 97.4 Å². The molecule has 39 heavy (non-hydrogen) atoms. The maximum Gasteiger partial charge on any atom is 0.137 e. The highest BCUT2D eigenvalue weighted by Crippen LogP contribution is 2.50. The molecule has 0 atom stereocenters. The van der Waals surface area contributed by atoms with Crippen LogP contribution in [0.5, 0.6) is 0 Å². The largest absolute Gasteiger partial charge is 0.294 e. The highest BCUT2D eigenvalue weighted by molar-refractivity contribution is 6.20. The number of aromatic nitrogens is 2. The van der Waals surface area contributed by atoms with E-state index in [4.69, 9.17) is 0 Å². The average molecular weight is 495 g/mol. The topological polar surface area (TPSA) is 17.8 Å². The molecule has 2 aromatic heterocycles. The summed E-state index contributed by atoms with van der Waals surface area (Å²) in [6.07, 6.45) is 1.86. The van der Waals surface area contributed by atoms with Crippen LogP contribution in [0.2, 0.25) is 0 Å². The summed E-state index contributed by atoms with van der Waals surface area (Å²) < 4.78 is 2.27. The van der Waals surface area contributed by atoms with Gasteiger partial charge in [-0.25, -0.2) is 4.98 Å². The Balaban J connectivity index is 1.30. The lowest BCUT2D eigenvalue weighted by atomic mass is 9.93. The standard InChI is InChI=1S/C37H22N2/c1-2-9-24-21-32-30-17-16-26(28-11-7-12-29(37(28)30)31(32)20-23(24)8-1)25-15-18-35-33(22-25)27-10-3-4-13-34(27)39(35)36-14-5-6-19-38-36/h1-22H. The molecule has 2 heterocycles. The van der Waals surface area contributed by atoms with Gasteiger partial charge in [0.15, 0.2) is 0 Å². The zero-order valence-corrected chi connectivity index (χ0v) is 21.1. The Kier molecular flexibility index (Phi) is 4.08. The summed E-state index contributed by atoms with van der Waals surface area (Å²) in [4.78, 5) is 4.67. The predicted molar refractivity (Wildman–Crippen MR) is 163 cm³/mol. The second-order valence-electron chi connectivity index (χ2n) is 10.4. The summed E-state index contributed by atoms with van der Waals surface area (Å²) in [5.74, 6) is 0.937. The molecule has 0 amide bonds. The Bertz CT molecular complexity index is 2220. The molecule has 0 bridgehead atoms. The Morgan fingerprint density at radius 3 is 1.95 bits per heavy atom. The van der Waals surface area contributed by atoms with E-state index < -0.39 is 0 Å². The number of hydrogen-bond donors (Lipinski definition) is 0. The summed E-state index contributed by atoms with van der Waals surface area (Å²) in [6.45, 7) is 0. The molecular formula is C37H22N2. The van der Waals surface area contributed by atoms with Gasteiger partial charge in [0.05, 0.1) is 11.0 Å². The number of pyridine rings is 1. The van der Waals surface area contributed by atoms with Crippen LogP contribution >= 0.6 is 0 Å². The predicted octanol–water partition coefficient (Wildman–Crippen LogP) is 9.80. The van der Waals surface area contributed by atoms with Crippen molar-refractivity contribution in [3.63, 3.8) is 0 Å². The first-order valence-corrected chi connectivity index (χ1v) is 13.4. The molecule has 8 aromatic rings. The molecule has 0 saturated heterocycles. The second kappa shape index (κ2) is 7.66. The van der Waals surface area contributed by atoms with Crippen molar-refractivity contribution < 1.29 is 0 Å². The molecule has 9 rings (SSSR count). The molecule has 0 aliphatic heterocycles. The van der Waals surface area contributed by atoms with Crippen LogP contribution in [0.1, 0.15) is 0 Å². The maximum absolute atomic E-state index is 4.67. The molecule has 1 aliphatic carbocycles. The SMILES string of the molecule is c1ccc(-n2c3ccccc3c3cc(-c4ccc5c6c(cccc46)-c4cc6ccccc6cc4-5)ccc32)nc1. The van der Waals surface area contributed by atoms with E-state index in [0.29, 0.717) is 0 Å². The Hall–Kier alpha value is -5.21. The highest BCUT2D eigenvalue weighted by atomic mass is 15.1.